The average molecular weight is 245 g/mol. The Labute approximate surface area is 96.8 Å². The summed E-state index contributed by atoms with van der Waals surface area (Å²) >= 11 is 0. The molecule has 0 saturated carbocycles. The fraction of sp³-hybridized carbons (Fsp3) is 0.700. The van der Waals surface area contributed by atoms with Gasteiger partial charge in [-0.25, -0.2) is 8.42 Å². The van der Waals surface area contributed by atoms with Gasteiger partial charge in [-0.05, 0) is 19.9 Å². The lowest BCUT2D eigenvalue weighted by Crippen LogP contribution is -2.27. The zero-order chi connectivity index (χ0) is 12.2. The molecule has 0 aliphatic heterocycles. The second kappa shape index (κ2) is 5.45. The van der Waals surface area contributed by atoms with Gasteiger partial charge in [0.25, 0.3) is 0 Å². The Morgan fingerprint density at radius 1 is 1.50 bits per heavy atom. The van der Waals surface area contributed by atoms with E-state index in [1.165, 1.54) is 0 Å². The molecule has 1 aromatic rings. The Hall–Kier alpha value is -0.880. The second-order valence-corrected chi connectivity index (χ2v) is 6.72. The summed E-state index contributed by atoms with van der Waals surface area (Å²) in [4.78, 5) is 0. The predicted molar refractivity (Wildman–Crippen MR) is 63.8 cm³/mol. The molecule has 0 aliphatic carbocycles. The topological polar surface area (TPSA) is 64.0 Å². The third-order valence-corrected chi connectivity index (χ3v) is 4.72. The van der Waals surface area contributed by atoms with Crippen molar-refractivity contribution in [1.29, 1.82) is 0 Å². The van der Waals surface area contributed by atoms with Crippen LogP contribution < -0.4 is 5.32 Å². The molecular formula is C10H19N3O2S. The Kier molecular flexibility index (Phi) is 4.49. The van der Waals surface area contributed by atoms with Crippen molar-refractivity contribution in [2.45, 2.75) is 25.6 Å². The lowest BCUT2D eigenvalue weighted by Gasteiger charge is -2.08. The van der Waals surface area contributed by atoms with Crippen LogP contribution in [0.2, 0.25) is 0 Å². The van der Waals surface area contributed by atoms with Crippen LogP contribution in [0.3, 0.4) is 0 Å². The molecule has 6 heteroatoms. The summed E-state index contributed by atoms with van der Waals surface area (Å²) < 4.78 is 24.8. The van der Waals surface area contributed by atoms with E-state index in [9.17, 15) is 8.42 Å². The van der Waals surface area contributed by atoms with Gasteiger partial charge in [-0.15, -0.1) is 0 Å². The van der Waals surface area contributed by atoms with E-state index >= 15 is 0 Å². The molecular weight excluding hydrogens is 226 g/mol. The minimum Gasteiger partial charge on any atom is -0.310 e. The summed E-state index contributed by atoms with van der Waals surface area (Å²) in [5.74, 6) is 0.183. The summed E-state index contributed by atoms with van der Waals surface area (Å²) in [6.07, 6.45) is 1.72. The highest BCUT2D eigenvalue weighted by Crippen LogP contribution is 2.00. The lowest BCUT2D eigenvalue weighted by molar-refractivity contribution is 0.579. The Morgan fingerprint density at radius 2 is 2.19 bits per heavy atom. The zero-order valence-electron chi connectivity index (χ0n) is 9.97. The first kappa shape index (κ1) is 13.2. The molecule has 5 nitrogen and oxygen atoms in total. The van der Waals surface area contributed by atoms with Gasteiger partial charge in [0.05, 0.1) is 16.7 Å². The number of hydrogen-bond acceptors (Lipinski definition) is 4. The number of nitrogens with one attached hydrogen (secondary N) is 1. The van der Waals surface area contributed by atoms with Gasteiger partial charge in [0.1, 0.15) is 0 Å². The summed E-state index contributed by atoms with van der Waals surface area (Å²) in [5, 5.41) is 6.83. The van der Waals surface area contributed by atoms with Crippen LogP contribution in [-0.4, -0.2) is 35.7 Å². The molecule has 0 radical (unpaired) electrons. The second-order valence-electron chi connectivity index (χ2n) is 4.04. The van der Waals surface area contributed by atoms with E-state index in [0.29, 0.717) is 13.1 Å². The monoisotopic (exact) mass is 245 g/mol. The van der Waals surface area contributed by atoms with Gasteiger partial charge in [-0.2, -0.15) is 5.10 Å². The summed E-state index contributed by atoms with van der Waals surface area (Å²) in [5.41, 5.74) is 1.04. The molecule has 1 heterocycles. The number of aryl methyl sites for hydroxylation is 1. The first-order valence-corrected chi connectivity index (χ1v) is 7.04. The van der Waals surface area contributed by atoms with Gasteiger partial charge in [0, 0.05) is 26.3 Å². The van der Waals surface area contributed by atoms with Gasteiger partial charge in [-0.1, -0.05) is 0 Å². The molecule has 0 fully saturated rings. The zero-order valence-corrected chi connectivity index (χ0v) is 10.8. The summed E-state index contributed by atoms with van der Waals surface area (Å²) in [6, 6.07) is 1.91. The van der Waals surface area contributed by atoms with Crippen molar-refractivity contribution in [3.05, 3.63) is 18.0 Å². The van der Waals surface area contributed by atoms with Crippen LogP contribution >= 0.6 is 0 Å². The molecule has 0 saturated heterocycles. The van der Waals surface area contributed by atoms with E-state index in [1.54, 1.807) is 24.7 Å². The summed E-state index contributed by atoms with van der Waals surface area (Å²) in [7, 11) is -1.07. The Bertz CT molecular complexity index is 423. The van der Waals surface area contributed by atoms with E-state index in [2.05, 4.69) is 10.4 Å². The van der Waals surface area contributed by atoms with E-state index in [1.807, 2.05) is 13.1 Å². The minimum absolute atomic E-state index is 0.183. The third-order valence-electron chi connectivity index (χ3n) is 2.51. The lowest BCUT2D eigenvalue weighted by atomic mass is 10.4. The first-order valence-electron chi connectivity index (χ1n) is 5.32. The smallest absolute Gasteiger partial charge is 0.153 e. The van der Waals surface area contributed by atoms with Crippen LogP contribution in [0.15, 0.2) is 12.3 Å². The summed E-state index contributed by atoms with van der Waals surface area (Å²) in [6.45, 7) is 4.53. The fourth-order valence-corrected chi connectivity index (χ4v) is 2.14. The van der Waals surface area contributed by atoms with E-state index < -0.39 is 9.84 Å². The molecule has 0 atom stereocenters. The molecule has 16 heavy (non-hydrogen) atoms. The van der Waals surface area contributed by atoms with Crippen molar-refractivity contribution in [2.24, 2.45) is 7.05 Å². The molecule has 0 aliphatic rings. The molecule has 0 amide bonds. The van der Waals surface area contributed by atoms with Crippen molar-refractivity contribution in [1.82, 2.24) is 15.1 Å². The first-order chi connectivity index (χ1) is 7.43. The maximum absolute atomic E-state index is 11.5. The van der Waals surface area contributed by atoms with Crippen molar-refractivity contribution in [2.75, 3.05) is 12.3 Å². The fourth-order valence-electron chi connectivity index (χ4n) is 1.24. The predicted octanol–water partition coefficient (Wildman–Crippen LogP) is 0.333. The number of nitrogens with zero attached hydrogens (tertiary/aromatic N) is 2. The maximum atomic E-state index is 11.5. The average Bonchev–Trinajstić information content (AvgIpc) is 2.59. The van der Waals surface area contributed by atoms with Crippen molar-refractivity contribution < 1.29 is 8.42 Å². The molecule has 1 aromatic heterocycles. The molecule has 0 spiro atoms. The van der Waals surface area contributed by atoms with Gasteiger partial charge >= 0.3 is 0 Å². The molecule has 0 bridgehead atoms. The SMILES string of the molecule is CC(C)S(=O)(=O)CCNCc1ccnn1C. The maximum Gasteiger partial charge on any atom is 0.153 e. The van der Waals surface area contributed by atoms with Crippen LogP contribution in [0.5, 0.6) is 0 Å². The van der Waals surface area contributed by atoms with Gasteiger partial charge in [0.2, 0.25) is 0 Å². The van der Waals surface area contributed by atoms with E-state index in [-0.39, 0.29) is 11.0 Å². The van der Waals surface area contributed by atoms with Crippen LogP contribution in [-0.2, 0) is 23.4 Å². The van der Waals surface area contributed by atoms with Crippen LogP contribution in [0.4, 0.5) is 0 Å². The molecule has 1 rings (SSSR count). The molecule has 92 valence electrons. The largest absolute Gasteiger partial charge is 0.310 e. The van der Waals surface area contributed by atoms with Crippen molar-refractivity contribution in [3.63, 3.8) is 0 Å². The highest BCUT2D eigenvalue weighted by atomic mass is 32.2. The molecule has 1 N–H and O–H groups in total. The standard InChI is InChI=1S/C10H19N3O2S/c1-9(2)16(14,15)7-6-11-8-10-4-5-12-13(10)3/h4-5,9,11H,6-8H2,1-3H3. The van der Waals surface area contributed by atoms with Gasteiger partial charge in [-0.3, -0.25) is 4.68 Å². The van der Waals surface area contributed by atoms with Crippen LogP contribution in [0.1, 0.15) is 19.5 Å². The third kappa shape index (κ3) is 3.61. The Balaban J connectivity index is 2.30. The number of sulfone groups is 1. The highest BCUT2D eigenvalue weighted by Gasteiger charge is 2.14. The molecule has 0 unspecified atom stereocenters. The normalized spacial score (nSPS) is 12.2. The molecule has 0 aromatic carbocycles. The van der Waals surface area contributed by atoms with Crippen molar-refractivity contribution >= 4 is 9.84 Å². The van der Waals surface area contributed by atoms with Crippen LogP contribution in [0.25, 0.3) is 0 Å². The van der Waals surface area contributed by atoms with Crippen LogP contribution in [0, 0.1) is 0 Å². The van der Waals surface area contributed by atoms with Gasteiger partial charge in [0.15, 0.2) is 9.84 Å². The minimum atomic E-state index is -2.93. The number of hydrogen-bond donors (Lipinski definition) is 1. The Morgan fingerprint density at radius 3 is 2.69 bits per heavy atom. The number of rotatable bonds is 6. The quantitative estimate of drug-likeness (QED) is 0.734. The highest BCUT2D eigenvalue weighted by molar-refractivity contribution is 7.92. The number of aromatic nitrogens is 2. The van der Waals surface area contributed by atoms with Gasteiger partial charge < -0.3 is 5.32 Å². The van der Waals surface area contributed by atoms with E-state index in [4.69, 9.17) is 0 Å². The van der Waals surface area contributed by atoms with E-state index in [0.717, 1.165) is 5.69 Å². The van der Waals surface area contributed by atoms with Crippen molar-refractivity contribution in [3.8, 4) is 0 Å².